The summed E-state index contributed by atoms with van der Waals surface area (Å²) >= 11 is 0. The van der Waals surface area contributed by atoms with Crippen LogP contribution in [0.3, 0.4) is 0 Å². The lowest BCUT2D eigenvalue weighted by Crippen LogP contribution is -2.13. The van der Waals surface area contributed by atoms with Gasteiger partial charge in [0.2, 0.25) is 0 Å². The largest absolute Gasteiger partial charge is 0.508 e. The summed E-state index contributed by atoms with van der Waals surface area (Å²) in [5.74, 6) is -4.76. The third-order valence-corrected chi connectivity index (χ3v) is 2.96. The fourth-order valence-electron chi connectivity index (χ4n) is 1.85. The van der Waals surface area contributed by atoms with Crippen LogP contribution in [0, 0.1) is 0 Å². The van der Waals surface area contributed by atoms with E-state index in [1.807, 2.05) is 0 Å². The number of amides is 1. The number of carbonyl (C=O) groups is 3. The monoisotopic (exact) mass is 317 g/mol. The van der Waals surface area contributed by atoms with Crippen molar-refractivity contribution in [3.8, 4) is 11.5 Å². The van der Waals surface area contributed by atoms with Crippen LogP contribution in [0.25, 0.3) is 0 Å². The number of carboxylic acids is 2. The van der Waals surface area contributed by atoms with E-state index in [0.29, 0.717) is 0 Å². The minimum absolute atomic E-state index is 0.0244. The van der Waals surface area contributed by atoms with E-state index in [2.05, 4.69) is 5.32 Å². The molecule has 8 heteroatoms. The van der Waals surface area contributed by atoms with Gasteiger partial charge in [-0.1, -0.05) is 0 Å². The maximum absolute atomic E-state index is 12.1. The second kappa shape index (κ2) is 6.06. The highest BCUT2D eigenvalue weighted by atomic mass is 16.4. The number of nitrogens with one attached hydrogen (secondary N) is 1. The van der Waals surface area contributed by atoms with E-state index < -0.39 is 40.5 Å². The van der Waals surface area contributed by atoms with Gasteiger partial charge in [-0.3, -0.25) is 4.79 Å². The molecule has 0 aliphatic rings. The van der Waals surface area contributed by atoms with Crippen LogP contribution in [0.2, 0.25) is 0 Å². The Balaban J connectivity index is 2.30. The molecular formula is C15H11NO7. The summed E-state index contributed by atoms with van der Waals surface area (Å²) < 4.78 is 0. The van der Waals surface area contributed by atoms with Gasteiger partial charge >= 0.3 is 11.9 Å². The van der Waals surface area contributed by atoms with Crippen molar-refractivity contribution in [3.05, 3.63) is 53.1 Å². The van der Waals surface area contributed by atoms with Crippen LogP contribution in [0.15, 0.2) is 36.4 Å². The molecule has 0 saturated carbocycles. The Morgan fingerprint density at radius 3 is 1.91 bits per heavy atom. The molecule has 2 aromatic carbocycles. The molecule has 8 nitrogen and oxygen atoms in total. The van der Waals surface area contributed by atoms with Gasteiger partial charge in [-0.2, -0.15) is 0 Å². The third kappa shape index (κ3) is 3.38. The molecule has 0 aliphatic carbocycles. The van der Waals surface area contributed by atoms with Crippen molar-refractivity contribution in [3.63, 3.8) is 0 Å². The van der Waals surface area contributed by atoms with Crippen molar-refractivity contribution in [1.29, 1.82) is 0 Å². The smallest absolute Gasteiger partial charge is 0.339 e. The van der Waals surface area contributed by atoms with Crippen molar-refractivity contribution in [2.24, 2.45) is 0 Å². The van der Waals surface area contributed by atoms with E-state index in [-0.39, 0.29) is 11.3 Å². The molecule has 0 spiro atoms. The Morgan fingerprint density at radius 1 is 0.826 bits per heavy atom. The lowest BCUT2D eigenvalue weighted by molar-refractivity contribution is 0.0683. The number of aromatic hydroxyl groups is 2. The zero-order valence-electron chi connectivity index (χ0n) is 11.5. The summed E-state index contributed by atoms with van der Waals surface area (Å²) in [5, 5.41) is 39.3. The molecule has 5 N–H and O–H groups in total. The van der Waals surface area contributed by atoms with Crippen molar-refractivity contribution < 1.29 is 34.8 Å². The fourth-order valence-corrected chi connectivity index (χ4v) is 1.85. The highest BCUT2D eigenvalue weighted by Crippen LogP contribution is 2.28. The van der Waals surface area contributed by atoms with Gasteiger partial charge in [-0.15, -0.1) is 0 Å². The average molecular weight is 317 g/mol. The van der Waals surface area contributed by atoms with Gasteiger partial charge in [0.05, 0.1) is 11.1 Å². The van der Waals surface area contributed by atoms with Gasteiger partial charge in [-0.25, -0.2) is 9.59 Å². The van der Waals surface area contributed by atoms with E-state index >= 15 is 0 Å². The van der Waals surface area contributed by atoms with Crippen molar-refractivity contribution in [1.82, 2.24) is 0 Å². The predicted molar refractivity (Wildman–Crippen MR) is 78.1 cm³/mol. The van der Waals surface area contributed by atoms with Gasteiger partial charge in [0.1, 0.15) is 17.1 Å². The molecule has 0 bridgehead atoms. The highest BCUT2D eigenvalue weighted by Gasteiger charge is 2.20. The number of hydrogen-bond donors (Lipinski definition) is 5. The molecular weight excluding hydrogens is 306 g/mol. The van der Waals surface area contributed by atoms with Crippen LogP contribution >= 0.6 is 0 Å². The van der Waals surface area contributed by atoms with Gasteiger partial charge < -0.3 is 25.7 Å². The summed E-state index contributed by atoms with van der Waals surface area (Å²) in [4.78, 5) is 33.8. The molecule has 2 rings (SSSR count). The van der Waals surface area contributed by atoms with E-state index in [4.69, 9.17) is 10.2 Å². The molecule has 0 aromatic heterocycles. The summed E-state index contributed by atoms with van der Waals surface area (Å²) in [7, 11) is 0. The van der Waals surface area contributed by atoms with Crippen LogP contribution in [0.1, 0.15) is 31.1 Å². The number of carbonyl (C=O) groups excluding carboxylic acids is 1. The fraction of sp³-hybridized carbons (Fsp3) is 0. The Hall–Kier alpha value is -3.55. The van der Waals surface area contributed by atoms with Gasteiger partial charge in [0.15, 0.2) is 0 Å². The van der Waals surface area contributed by atoms with Gasteiger partial charge in [0.25, 0.3) is 5.91 Å². The van der Waals surface area contributed by atoms with E-state index in [1.54, 1.807) is 0 Å². The molecule has 1 amide bonds. The number of rotatable bonds is 4. The van der Waals surface area contributed by atoms with Gasteiger partial charge in [-0.05, 0) is 36.4 Å². The number of carboxylic acid groups (broad SMARTS) is 2. The summed E-state index contributed by atoms with van der Waals surface area (Å²) in [6, 6.07) is 6.93. The third-order valence-electron chi connectivity index (χ3n) is 2.96. The molecule has 0 heterocycles. The normalized spacial score (nSPS) is 10.1. The maximum Gasteiger partial charge on any atom is 0.339 e. The van der Waals surface area contributed by atoms with E-state index in [1.165, 1.54) is 24.3 Å². The zero-order valence-corrected chi connectivity index (χ0v) is 11.5. The molecule has 118 valence electrons. The number of phenols is 2. The lowest BCUT2D eigenvalue weighted by Gasteiger charge is -2.09. The number of phenolic OH excluding ortho intramolecular Hbond substituents is 1. The van der Waals surface area contributed by atoms with Crippen LogP contribution in [-0.2, 0) is 0 Å². The van der Waals surface area contributed by atoms with Crippen molar-refractivity contribution >= 4 is 23.5 Å². The first-order valence-corrected chi connectivity index (χ1v) is 6.23. The first-order chi connectivity index (χ1) is 10.8. The van der Waals surface area contributed by atoms with Crippen molar-refractivity contribution in [2.45, 2.75) is 0 Å². The number of aromatic carboxylic acids is 2. The summed E-state index contributed by atoms with van der Waals surface area (Å²) in [5.41, 5.74) is -0.780. The summed E-state index contributed by atoms with van der Waals surface area (Å²) in [6.07, 6.45) is 0. The Morgan fingerprint density at radius 2 is 1.39 bits per heavy atom. The second-order valence-electron chi connectivity index (χ2n) is 4.53. The number of benzene rings is 2. The number of anilines is 1. The van der Waals surface area contributed by atoms with Crippen LogP contribution in [-0.4, -0.2) is 38.3 Å². The first-order valence-electron chi connectivity index (χ1n) is 6.23. The Bertz CT molecular complexity index is 796. The van der Waals surface area contributed by atoms with Crippen LogP contribution in [0.5, 0.6) is 11.5 Å². The standard InChI is InChI=1S/C15H11NO7/c17-9-5-10(12(18)11(6-9)15(22)23)13(19)16-8-3-1-7(2-4-8)14(20)21/h1-6,17-18H,(H,16,19)(H,20,21)(H,22,23). The van der Waals surface area contributed by atoms with Crippen molar-refractivity contribution in [2.75, 3.05) is 5.32 Å². The molecule has 0 fully saturated rings. The first kappa shape index (κ1) is 15.8. The molecule has 0 radical (unpaired) electrons. The predicted octanol–water partition coefficient (Wildman–Crippen LogP) is 1.75. The van der Waals surface area contributed by atoms with Gasteiger partial charge in [0, 0.05) is 5.69 Å². The average Bonchev–Trinajstić information content (AvgIpc) is 2.49. The molecule has 0 saturated heterocycles. The topological polar surface area (TPSA) is 144 Å². The number of hydrogen-bond acceptors (Lipinski definition) is 5. The minimum atomic E-state index is -1.50. The molecule has 0 aliphatic heterocycles. The maximum atomic E-state index is 12.1. The Labute approximate surface area is 129 Å². The quantitative estimate of drug-likeness (QED) is 0.540. The van der Waals surface area contributed by atoms with E-state index in [0.717, 1.165) is 12.1 Å². The molecule has 0 unspecified atom stereocenters. The molecule has 2 aromatic rings. The zero-order chi connectivity index (χ0) is 17.1. The molecule has 23 heavy (non-hydrogen) atoms. The van der Waals surface area contributed by atoms with E-state index in [9.17, 15) is 24.6 Å². The Kier molecular flexibility index (Phi) is 4.17. The van der Waals surface area contributed by atoms with Crippen LogP contribution in [0.4, 0.5) is 5.69 Å². The highest BCUT2D eigenvalue weighted by molar-refractivity contribution is 6.09. The van der Waals surface area contributed by atoms with Crippen LogP contribution < -0.4 is 5.32 Å². The lowest BCUT2D eigenvalue weighted by atomic mass is 10.1. The SMILES string of the molecule is O=C(O)c1ccc(NC(=O)c2cc(O)cc(C(=O)O)c2O)cc1. The molecule has 0 atom stereocenters. The second-order valence-corrected chi connectivity index (χ2v) is 4.53. The minimum Gasteiger partial charge on any atom is -0.508 e. The summed E-state index contributed by atoms with van der Waals surface area (Å²) in [6.45, 7) is 0.